The van der Waals surface area contributed by atoms with E-state index >= 15 is 0 Å². The Kier molecular flexibility index (Phi) is 4.07. The summed E-state index contributed by atoms with van der Waals surface area (Å²) in [7, 11) is 0. The third kappa shape index (κ3) is 4.06. The average molecular weight is 242 g/mol. The second-order valence-electron chi connectivity index (χ2n) is 4.33. The lowest BCUT2D eigenvalue weighted by atomic mass is 10.1. The summed E-state index contributed by atoms with van der Waals surface area (Å²) in [6.07, 6.45) is 0.0621. The van der Waals surface area contributed by atoms with E-state index in [1.807, 2.05) is 30.3 Å². The number of halogens is 2. The Labute approximate surface area is 99.5 Å². The number of benzene rings is 1. The molecule has 1 aromatic rings. The van der Waals surface area contributed by atoms with Crippen LogP contribution in [-0.4, -0.2) is 25.2 Å². The Hall–Kier alpha value is -1.00. The van der Waals surface area contributed by atoms with Crippen molar-refractivity contribution in [2.45, 2.75) is 31.5 Å². The van der Waals surface area contributed by atoms with Crippen molar-refractivity contribution in [1.29, 1.82) is 0 Å². The lowest BCUT2D eigenvalue weighted by molar-refractivity contribution is -0.157. The zero-order valence-corrected chi connectivity index (χ0v) is 9.57. The lowest BCUT2D eigenvalue weighted by Crippen LogP contribution is -2.36. The van der Waals surface area contributed by atoms with E-state index in [4.69, 9.17) is 9.47 Å². The molecule has 1 aliphatic heterocycles. The maximum atomic E-state index is 12.8. The van der Waals surface area contributed by atoms with Crippen molar-refractivity contribution in [3.8, 4) is 0 Å². The smallest absolute Gasteiger partial charge is 0.271 e. The fraction of sp³-hybridized carbons (Fsp3) is 0.538. The van der Waals surface area contributed by atoms with E-state index < -0.39 is 12.5 Å². The number of rotatable bonds is 4. The van der Waals surface area contributed by atoms with Crippen molar-refractivity contribution >= 4 is 0 Å². The number of alkyl halides is 2. The van der Waals surface area contributed by atoms with Crippen LogP contribution in [0.5, 0.6) is 0 Å². The highest BCUT2D eigenvalue weighted by atomic mass is 19.3. The molecule has 1 unspecified atom stereocenters. The van der Waals surface area contributed by atoms with E-state index in [-0.39, 0.29) is 12.5 Å². The maximum Gasteiger partial charge on any atom is 0.271 e. The first-order chi connectivity index (χ1) is 8.16. The second kappa shape index (κ2) is 5.56. The van der Waals surface area contributed by atoms with Crippen LogP contribution in [0.15, 0.2) is 30.3 Å². The van der Waals surface area contributed by atoms with Gasteiger partial charge in [-0.1, -0.05) is 30.3 Å². The Morgan fingerprint density at radius 3 is 2.71 bits per heavy atom. The Morgan fingerprint density at radius 1 is 1.29 bits per heavy atom. The summed E-state index contributed by atoms with van der Waals surface area (Å²) in [6.45, 7) is 0.397. The summed E-state index contributed by atoms with van der Waals surface area (Å²) in [5.41, 5.74) is 1.08. The Bertz CT molecular complexity index is 331. The van der Waals surface area contributed by atoms with Crippen molar-refractivity contribution in [2.75, 3.05) is 13.2 Å². The van der Waals surface area contributed by atoms with E-state index in [1.54, 1.807) is 0 Å². The van der Waals surface area contributed by atoms with Crippen LogP contribution in [0.2, 0.25) is 0 Å². The van der Waals surface area contributed by atoms with Crippen molar-refractivity contribution < 1.29 is 18.3 Å². The molecule has 0 aromatic heterocycles. The second-order valence-corrected chi connectivity index (χ2v) is 4.33. The van der Waals surface area contributed by atoms with Gasteiger partial charge in [0.15, 0.2) is 0 Å². The molecule has 1 atom stereocenters. The predicted octanol–water partition coefficient (Wildman–Crippen LogP) is 3.02. The first-order valence-corrected chi connectivity index (χ1v) is 5.77. The largest absolute Gasteiger partial charge is 0.374 e. The van der Waals surface area contributed by atoms with Crippen molar-refractivity contribution in [3.63, 3.8) is 0 Å². The minimum Gasteiger partial charge on any atom is -0.374 e. The molecule has 4 heteroatoms. The van der Waals surface area contributed by atoms with Crippen LogP contribution in [-0.2, 0) is 16.1 Å². The standard InChI is InChI=1S/C13H16F2O2/c14-13(15)7-6-12(17-10-13)9-16-8-11-4-2-1-3-5-11/h1-5,12H,6-10H2. The minimum absolute atomic E-state index is 0.105. The molecule has 0 aliphatic carbocycles. The van der Waals surface area contributed by atoms with Gasteiger partial charge in [-0.25, -0.2) is 8.78 Å². The summed E-state index contributed by atoms with van der Waals surface area (Å²) < 4.78 is 36.1. The summed E-state index contributed by atoms with van der Waals surface area (Å²) in [5, 5.41) is 0. The summed E-state index contributed by atoms with van der Waals surface area (Å²) in [5.74, 6) is -2.66. The van der Waals surface area contributed by atoms with E-state index in [0.717, 1.165) is 5.56 Å². The monoisotopic (exact) mass is 242 g/mol. The summed E-state index contributed by atoms with van der Waals surface area (Å²) >= 11 is 0. The van der Waals surface area contributed by atoms with E-state index in [9.17, 15) is 8.78 Å². The van der Waals surface area contributed by atoms with Crippen LogP contribution in [0.25, 0.3) is 0 Å². The van der Waals surface area contributed by atoms with E-state index in [1.165, 1.54) is 0 Å². The van der Waals surface area contributed by atoms with Gasteiger partial charge in [-0.05, 0) is 12.0 Å². The molecule has 1 fully saturated rings. The minimum atomic E-state index is -2.66. The first kappa shape index (κ1) is 12.5. The molecule has 1 saturated heterocycles. The molecule has 0 bridgehead atoms. The van der Waals surface area contributed by atoms with Gasteiger partial charge in [0.05, 0.1) is 19.3 Å². The quantitative estimate of drug-likeness (QED) is 0.808. The molecular weight excluding hydrogens is 226 g/mol. The van der Waals surface area contributed by atoms with E-state index in [2.05, 4.69) is 0 Å². The average Bonchev–Trinajstić information content (AvgIpc) is 2.33. The number of ether oxygens (including phenoxy) is 2. The zero-order valence-electron chi connectivity index (χ0n) is 9.57. The lowest BCUT2D eigenvalue weighted by Gasteiger charge is -2.28. The Balaban J connectivity index is 1.67. The van der Waals surface area contributed by atoms with Gasteiger partial charge in [0.1, 0.15) is 6.61 Å². The number of hydrogen-bond donors (Lipinski definition) is 0. The van der Waals surface area contributed by atoms with E-state index in [0.29, 0.717) is 19.6 Å². The van der Waals surface area contributed by atoms with Crippen LogP contribution < -0.4 is 0 Å². The van der Waals surface area contributed by atoms with Gasteiger partial charge in [-0.15, -0.1) is 0 Å². The van der Waals surface area contributed by atoms with Crippen molar-refractivity contribution in [3.05, 3.63) is 35.9 Å². The molecule has 1 heterocycles. The van der Waals surface area contributed by atoms with Gasteiger partial charge in [-0.2, -0.15) is 0 Å². The van der Waals surface area contributed by atoms with Gasteiger partial charge >= 0.3 is 0 Å². The molecule has 17 heavy (non-hydrogen) atoms. The molecule has 94 valence electrons. The van der Waals surface area contributed by atoms with Crippen LogP contribution in [0.1, 0.15) is 18.4 Å². The summed E-state index contributed by atoms with van der Waals surface area (Å²) in [4.78, 5) is 0. The highest BCUT2D eigenvalue weighted by molar-refractivity contribution is 5.13. The number of hydrogen-bond acceptors (Lipinski definition) is 2. The van der Waals surface area contributed by atoms with Crippen LogP contribution in [0.3, 0.4) is 0 Å². The van der Waals surface area contributed by atoms with Gasteiger partial charge in [0.25, 0.3) is 5.92 Å². The van der Waals surface area contributed by atoms with Crippen LogP contribution in [0.4, 0.5) is 8.78 Å². The van der Waals surface area contributed by atoms with Gasteiger partial charge in [0, 0.05) is 6.42 Å². The van der Waals surface area contributed by atoms with Crippen LogP contribution in [0, 0.1) is 0 Å². The Morgan fingerprint density at radius 2 is 2.06 bits per heavy atom. The highest BCUT2D eigenvalue weighted by Crippen LogP contribution is 2.28. The molecule has 0 N–H and O–H groups in total. The SMILES string of the molecule is FC1(F)CCC(COCc2ccccc2)OC1. The molecule has 1 aliphatic rings. The van der Waals surface area contributed by atoms with Gasteiger partial charge in [-0.3, -0.25) is 0 Å². The molecule has 0 saturated carbocycles. The fourth-order valence-corrected chi connectivity index (χ4v) is 1.78. The first-order valence-electron chi connectivity index (χ1n) is 5.77. The van der Waals surface area contributed by atoms with Crippen LogP contribution >= 0.6 is 0 Å². The zero-order chi connectivity index (χ0) is 12.1. The topological polar surface area (TPSA) is 18.5 Å². The van der Waals surface area contributed by atoms with Crippen molar-refractivity contribution in [2.24, 2.45) is 0 Å². The molecule has 0 spiro atoms. The highest BCUT2D eigenvalue weighted by Gasteiger charge is 2.35. The van der Waals surface area contributed by atoms with Crippen molar-refractivity contribution in [1.82, 2.24) is 0 Å². The third-order valence-electron chi connectivity index (χ3n) is 2.78. The third-order valence-corrected chi connectivity index (χ3v) is 2.78. The molecule has 2 nitrogen and oxygen atoms in total. The molecule has 0 amide bonds. The predicted molar refractivity (Wildman–Crippen MR) is 60.0 cm³/mol. The van der Waals surface area contributed by atoms with Gasteiger partial charge in [0.2, 0.25) is 0 Å². The fourth-order valence-electron chi connectivity index (χ4n) is 1.78. The summed E-state index contributed by atoms with van der Waals surface area (Å²) in [6, 6.07) is 9.76. The molecule has 2 rings (SSSR count). The normalized spacial score (nSPS) is 23.5. The molecule has 0 radical (unpaired) electrons. The molecule has 1 aromatic carbocycles. The van der Waals surface area contributed by atoms with Gasteiger partial charge < -0.3 is 9.47 Å². The molecular formula is C13H16F2O2. The maximum absolute atomic E-state index is 12.8.